The Bertz CT molecular complexity index is 1190. The van der Waals surface area contributed by atoms with Crippen molar-refractivity contribution in [3.63, 3.8) is 0 Å². The molecule has 0 aliphatic carbocycles. The van der Waals surface area contributed by atoms with Gasteiger partial charge in [-0.2, -0.15) is 0 Å². The molecule has 0 spiro atoms. The molecular formula is C22H23N5O4S. The van der Waals surface area contributed by atoms with Crippen LogP contribution in [-0.2, 0) is 10.0 Å². The van der Waals surface area contributed by atoms with Gasteiger partial charge in [0.25, 0.3) is 15.7 Å². The number of nitrogens with one attached hydrogen (secondary N) is 1. The van der Waals surface area contributed by atoms with Crippen LogP contribution >= 0.6 is 0 Å². The predicted octanol–water partition coefficient (Wildman–Crippen LogP) is 4.23. The van der Waals surface area contributed by atoms with E-state index in [1.807, 2.05) is 18.2 Å². The Morgan fingerprint density at radius 1 is 0.906 bits per heavy atom. The van der Waals surface area contributed by atoms with Crippen molar-refractivity contribution in [3.8, 4) is 11.3 Å². The molecule has 0 amide bonds. The second-order valence-corrected chi connectivity index (χ2v) is 9.30. The number of hydrogen-bond donors (Lipinski definition) is 1. The number of benzene rings is 2. The van der Waals surface area contributed by atoms with Crippen molar-refractivity contribution in [2.75, 3.05) is 22.7 Å². The van der Waals surface area contributed by atoms with E-state index in [9.17, 15) is 18.5 Å². The van der Waals surface area contributed by atoms with E-state index in [0.717, 1.165) is 49.4 Å². The number of nitro groups is 1. The number of rotatable bonds is 6. The van der Waals surface area contributed by atoms with Crippen LogP contribution in [0.15, 0.2) is 65.6 Å². The highest BCUT2D eigenvalue weighted by Gasteiger charge is 2.17. The monoisotopic (exact) mass is 453 g/mol. The minimum Gasteiger partial charge on any atom is -0.355 e. The van der Waals surface area contributed by atoms with Crippen molar-refractivity contribution >= 4 is 27.2 Å². The van der Waals surface area contributed by atoms with Crippen molar-refractivity contribution in [1.29, 1.82) is 0 Å². The van der Waals surface area contributed by atoms with Gasteiger partial charge in [0, 0.05) is 36.5 Å². The van der Waals surface area contributed by atoms with Gasteiger partial charge in [0.1, 0.15) is 0 Å². The third-order valence-electron chi connectivity index (χ3n) is 5.35. The van der Waals surface area contributed by atoms with Crippen LogP contribution < -0.4 is 9.62 Å². The molecule has 1 aromatic heterocycles. The summed E-state index contributed by atoms with van der Waals surface area (Å²) < 4.78 is 27.8. The summed E-state index contributed by atoms with van der Waals surface area (Å²) in [6.07, 6.45) is 4.79. The first-order chi connectivity index (χ1) is 15.4. The fourth-order valence-electron chi connectivity index (χ4n) is 3.65. The van der Waals surface area contributed by atoms with Gasteiger partial charge in [-0.3, -0.25) is 14.8 Å². The Morgan fingerprint density at radius 3 is 2.25 bits per heavy atom. The fourth-order valence-corrected chi connectivity index (χ4v) is 4.70. The molecule has 4 rings (SSSR count). The molecule has 9 nitrogen and oxygen atoms in total. The van der Waals surface area contributed by atoms with Crippen LogP contribution in [-0.4, -0.2) is 36.6 Å². The van der Waals surface area contributed by atoms with Gasteiger partial charge >= 0.3 is 0 Å². The third kappa shape index (κ3) is 5.02. The lowest BCUT2D eigenvalue weighted by Crippen LogP contribution is -2.25. The van der Waals surface area contributed by atoms with Crippen LogP contribution in [0.2, 0.25) is 0 Å². The van der Waals surface area contributed by atoms with E-state index >= 15 is 0 Å². The number of nitrogens with zero attached hydrogens (tertiary/aromatic N) is 4. The first-order valence-electron chi connectivity index (χ1n) is 10.4. The Kier molecular flexibility index (Phi) is 6.31. The molecular weight excluding hydrogens is 430 g/mol. The van der Waals surface area contributed by atoms with Crippen molar-refractivity contribution < 1.29 is 13.3 Å². The maximum Gasteiger partial charge on any atom is 0.269 e. The molecule has 1 fully saturated rings. The average molecular weight is 454 g/mol. The smallest absolute Gasteiger partial charge is 0.269 e. The topological polar surface area (TPSA) is 118 Å². The summed E-state index contributed by atoms with van der Waals surface area (Å²) in [6, 6.07) is 15.4. The minimum atomic E-state index is -3.89. The number of anilines is 2. The number of aromatic nitrogens is 2. The second kappa shape index (κ2) is 9.31. The van der Waals surface area contributed by atoms with Crippen LogP contribution in [0.4, 0.5) is 17.2 Å². The number of nitro benzene ring substituents is 1. The zero-order valence-corrected chi connectivity index (χ0v) is 18.2. The second-order valence-electron chi connectivity index (χ2n) is 7.62. The van der Waals surface area contributed by atoms with Gasteiger partial charge in [-0.25, -0.2) is 8.42 Å². The van der Waals surface area contributed by atoms with Gasteiger partial charge in [0.15, 0.2) is 5.82 Å². The van der Waals surface area contributed by atoms with Gasteiger partial charge in [-0.05, 0) is 49.2 Å². The summed E-state index contributed by atoms with van der Waals surface area (Å²) in [4.78, 5) is 12.4. The molecule has 3 aromatic rings. The maximum atomic E-state index is 12.7. The van der Waals surface area contributed by atoms with Crippen molar-refractivity contribution in [2.45, 2.75) is 30.6 Å². The summed E-state index contributed by atoms with van der Waals surface area (Å²) >= 11 is 0. The Labute approximate surface area is 186 Å². The van der Waals surface area contributed by atoms with Gasteiger partial charge in [0.05, 0.1) is 15.5 Å². The van der Waals surface area contributed by atoms with Crippen LogP contribution in [0.5, 0.6) is 0 Å². The molecule has 2 heterocycles. The number of sulfonamides is 1. The van der Waals surface area contributed by atoms with E-state index in [4.69, 9.17) is 0 Å². The zero-order chi connectivity index (χ0) is 22.6. The van der Waals surface area contributed by atoms with E-state index in [1.165, 1.54) is 25.0 Å². The number of hydrogen-bond acceptors (Lipinski definition) is 7. The van der Waals surface area contributed by atoms with Crippen LogP contribution in [0.25, 0.3) is 11.3 Å². The summed E-state index contributed by atoms with van der Waals surface area (Å²) in [6.45, 7) is 1.96. The molecule has 0 atom stereocenters. The van der Waals surface area contributed by atoms with E-state index < -0.39 is 14.9 Å². The molecule has 1 saturated heterocycles. The van der Waals surface area contributed by atoms with Gasteiger partial charge in [-0.1, -0.05) is 25.0 Å². The van der Waals surface area contributed by atoms with Gasteiger partial charge in [-0.15, -0.1) is 10.2 Å². The van der Waals surface area contributed by atoms with E-state index in [0.29, 0.717) is 11.4 Å². The molecule has 0 saturated carbocycles. The standard InChI is InChI=1S/C22H23N5O4S/c28-27(29)19-8-10-20(11-9-19)32(30,31)25-18-7-5-6-17(16-18)21-12-13-22(24-23-21)26-14-3-1-2-4-15-26/h5-13,16,25H,1-4,14-15H2. The lowest BCUT2D eigenvalue weighted by Gasteiger charge is -2.20. The van der Waals surface area contributed by atoms with E-state index in [-0.39, 0.29) is 10.6 Å². The largest absolute Gasteiger partial charge is 0.355 e. The average Bonchev–Trinajstić information content (AvgIpc) is 3.09. The molecule has 1 N–H and O–H groups in total. The molecule has 2 aromatic carbocycles. The first kappa shape index (κ1) is 21.7. The molecule has 0 unspecified atom stereocenters. The van der Waals surface area contributed by atoms with Gasteiger partial charge < -0.3 is 4.90 Å². The molecule has 1 aliphatic rings. The van der Waals surface area contributed by atoms with Gasteiger partial charge in [0.2, 0.25) is 0 Å². The van der Waals surface area contributed by atoms with E-state index in [2.05, 4.69) is 19.8 Å². The molecule has 0 bridgehead atoms. The highest BCUT2D eigenvalue weighted by atomic mass is 32.2. The van der Waals surface area contributed by atoms with Crippen molar-refractivity contribution in [2.24, 2.45) is 0 Å². The predicted molar refractivity (Wildman–Crippen MR) is 122 cm³/mol. The molecule has 32 heavy (non-hydrogen) atoms. The van der Waals surface area contributed by atoms with Crippen LogP contribution in [0.1, 0.15) is 25.7 Å². The molecule has 166 valence electrons. The Balaban J connectivity index is 1.51. The quantitative estimate of drug-likeness (QED) is 0.438. The normalized spacial score (nSPS) is 14.6. The summed E-state index contributed by atoms with van der Waals surface area (Å²) in [5.41, 5.74) is 1.55. The molecule has 10 heteroatoms. The fraction of sp³-hybridized carbons (Fsp3) is 0.273. The lowest BCUT2D eigenvalue weighted by atomic mass is 10.1. The lowest BCUT2D eigenvalue weighted by molar-refractivity contribution is -0.384. The number of non-ortho nitro benzene ring substituents is 1. The molecule has 0 radical (unpaired) electrons. The SMILES string of the molecule is O=[N+]([O-])c1ccc(S(=O)(=O)Nc2cccc(-c3ccc(N4CCCCCC4)nn3)c2)cc1. The minimum absolute atomic E-state index is 0.0601. The highest BCUT2D eigenvalue weighted by Crippen LogP contribution is 2.25. The maximum absolute atomic E-state index is 12.7. The summed E-state index contributed by atoms with van der Waals surface area (Å²) in [7, 11) is -3.89. The highest BCUT2D eigenvalue weighted by molar-refractivity contribution is 7.92. The molecule has 1 aliphatic heterocycles. The van der Waals surface area contributed by atoms with Crippen LogP contribution in [0, 0.1) is 10.1 Å². The zero-order valence-electron chi connectivity index (χ0n) is 17.3. The summed E-state index contributed by atoms with van der Waals surface area (Å²) in [5.74, 6) is 0.852. The first-order valence-corrected chi connectivity index (χ1v) is 11.9. The van der Waals surface area contributed by atoms with Crippen LogP contribution in [0.3, 0.4) is 0 Å². The van der Waals surface area contributed by atoms with E-state index in [1.54, 1.807) is 18.2 Å². The summed E-state index contributed by atoms with van der Waals surface area (Å²) in [5, 5.41) is 19.5. The van der Waals surface area contributed by atoms with Crippen molar-refractivity contribution in [3.05, 3.63) is 70.8 Å². The Morgan fingerprint density at radius 2 is 1.62 bits per heavy atom. The van der Waals surface area contributed by atoms with Crippen molar-refractivity contribution in [1.82, 2.24) is 10.2 Å². The third-order valence-corrected chi connectivity index (χ3v) is 6.75. The Hall–Kier alpha value is -3.53.